The molecule has 1 aromatic carbocycles. The molecule has 0 amide bonds. The van der Waals surface area contributed by atoms with Crippen LogP contribution in [0, 0.1) is 0 Å². The summed E-state index contributed by atoms with van der Waals surface area (Å²) in [5, 5.41) is 0. The highest BCUT2D eigenvalue weighted by atomic mass is 15.1. The summed E-state index contributed by atoms with van der Waals surface area (Å²) in [4.78, 5) is 9.50. The number of benzene rings is 1. The Morgan fingerprint density at radius 1 is 1.47 bits per heavy atom. The van der Waals surface area contributed by atoms with E-state index in [1.807, 2.05) is 6.07 Å². The molecule has 0 spiro atoms. The fourth-order valence-corrected chi connectivity index (χ4v) is 1.62. The van der Waals surface area contributed by atoms with Gasteiger partial charge in [-0.1, -0.05) is 0 Å². The van der Waals surface area contributed by atoms with Gasteiger partial charge in [0, 0.05) is 19.3 Å². The number of anilines is 1. The van der Waals surface area contributed by atoms with E-state index in [1.165, 1.54) is 5.69 Å². The van der Waals surface area contributed by atoms with Crippen LogP contribution >= 0.6 is 0 Å². The molecule has 1 aromatic heterocycles. The fraction of sp³-hybridized carbons (Fsp3) is 0.364. The van der Waals surface area contributed by atoms with Crippen LogP contribution in [0.15, 0.2) is 24.5 Å². The molecular weight excluding hydrogens is 188 g/mol. The first-order chi connectivity index (χ1) is 7.31. The molecule has 4 heteroatoms. The molecule has 80 valence electrons. The first-order valence-corrected chi connectivity index (χ1v) is 5.15. The SMILES string of the molecule is CN(CCCN)c1ccc2nc[nH]c2c1. The Morgan fingerprint density at radius 3 is 3.13 bits per heavy atom. The fourth-order valence-electron chi connectivity index (χ4n) is 1.62. The van der Waals surface area contributed by atoms with Crippen LogP contribution in [0.4, 0.5) is 5.69 Å². The molecule has 0 aliphatic rings. The average Bonchev–Trinajstić information content (AvgIpc) is 2.72. The van der Waals surface area contributed by atoms with Crippen LogP contribution < -0.4 is 10.6 Å². The number of nitrogens with two attached hydrogens (primary N) is 1. The number of imidazole rings is 1. The number of nitrogens with one attached hydrogen (secondary N) is 1. The molecule has 0 atom stereocenters. The molecule has 0 fully saturated rings. The minimum absolute atomic E-state index is 0.733. The Labute approximate surface area is 89.1 Å². The Hall–Kier alpha value is -1.55. The smallest absolute Gasteiger partial charge is 0.0931 e. The highest BCUT2D eigenvalue weighted by Crippen LogP contribution is 2.18. The summed E-state index contributed by atoms with van der Waals surface area (Å²) in [6, 6.07) is 6.22. The molecule has 0 aliphatic heterocycles. The van der Waals surface area contributed by atoms with E-state index in [0.29, 0.717) is 0 Å². The van der Waals surface area contributed by atoms with Gasteiger partial charge >= 0.3 is 0 Å². The minimum Gasteiger partial charge on any atom is -0.374 e. The van der Waals surface area contributed by atoms with Crippen molar-refractivity contribution < 1.29 is 0 Å². The van der Waals surface area contributed by atoms with Crippen LogP contribution in [0.5, 0.6) is 0 Å². The van der Waals surface area contributed by atoms with Gasteiger partial charge in [-0.25, -0.2) is 4.98 Å². The zero-order chi connectivity index (χ0) is 10.7. The van der Waals surface area contributed by atoms with Crippen molar-refractivity contribution in [1.82, 2.24) is 9.97 Å². The van der Waals surface area contributed by atoms with Gasteiger partial charge in [-0.3, -0.25) is 0 Å². The summed E-state index contributed by atoms with van der Waals surface area (Å²) < 4.78 is 0. The molecule has 0 saturated carbocycles. The van der Waals surface area contributed by atoms with E-state index in [1.54, 1.807) is 6.33 Å². The molecule has 0 radical (unpaired) electrons. The first kappa shape index (κ1) is 9.98. The molecular formula is C11H16N4. The Morgan fingerprint density at radius 2 is 2.33 bits per heavy atom. The maximum Gasteiger partial charge on any atom is 0.0931 e. The van der Waals surface area contributed by atoms with Crippen molar-refractivity contribution in [3.8, 4) is 0 Å². The van der Waals surface area contributed by atoms with E-state index in [0.717, 1.165) is 30.5 Å². The largest absolute Gasteiger partial charge is 0.374 e. The van der Waals surface area contributed by atoms with Crippen LogP contribution in [-0.2, 0) is 0 Å². The predicted molar refractivity (Wildman–Crippen MR) is 63.0 cm³/mol. The normalized spacial score (nSPS) is 10.8. The number of fused-ring (bicyclic) bond motifs is 1. The molecule has 1 heterocycles. The monoisotopic (exact) mass is 204 g/mol. The average molecular weight is 204 g/mol. The zero-order valence-electron chi connectivity index (χ0n) is 8.90. The summed E-state index contributed by atoms with van der Waals surface area (Å²) in [6.45, 7) is 1.72. The van der Waals surface area contributed by atoms with E-state index in [4.69, 9.17) is 5.73 Å². The number of aromatic amines is 1. The summed E-state index contributed by atoms with van der Waals surface area (Å²) in [5.41, 5.74) is 8.76. The molecule has 0 bridgehead atoms. The summed E-state index contributed by atoms with van der Waals surface area (Å²) in [6.07, 6.45) is 2.73. The van der Waals surface area contributed by atoms with E-state index >= 15 is 0 Å². The van der Waals surface area contributed by atoms with Crippen molar-refractivity contribution in [3.63, 3.8) is 0 Å². The Balaban J connectivity index is 2.19. The Bertz CT molecular complexity index is 435. The van der Waals surface area contributed by atoms with Crippen molar-refractivity contribution in [3.05, 3.63) is 24.5 Å². The lowest BCUT2D eigenvalue weighted by molar-refractivity contribution is 0.796. The van der Waals surface area contributed by atoms with Crippen LogP contribution in [0.25, 0.3) is 11.0 Å². The van der Waals surface area contributed by atoms with Gasteiger partial charge in [0.2, 0.25) is 0 Å². The number of nitrogens with zero attached hydrogens (tertiary/aromatic N) is 2. The Kier molecular flexibility index (Phi) is 2.87. The summed E-state index contributed by atoms with van der Waals surface area (Å²) in [5.74, 6) is 0. The third kappa shape index (κ3) is 2.10. The standard InChI is InChI=1S/C11H16N4/c1-15(6-2-5-12)9-3-4-10-11(7-9)14-8-13-10/h3-4,7-8H,2,5-6,12H2,1H3,(H,13,14). The highest BCUT2D eigenvalue weighted by Gasteiger charge is 2.02. The van der Waals surface area contributed by atoms with Gasteiger partial charge in [-0.2, -0.15) is 0 Å². The van der Waals surface area contributed by atoms with E-state index in [9.17, 15) is 0 Å². The van der Waals surface area contributed by atoms with Crippen LogP contribution in [-0.4, -0.2) is 30.1 Å². The molecule has 0 saturated heterocycles. The second-order valence-electron chi connectivity index (χ2n) is 3.67. The second kappa shape index (κ2) is 4.31. The van der Waals surface area contributed by atoms with Crippen LogP contribution in [0.3, 0.4) is 0 Å². The molecule has 0 aliphatic carbocycles. The van der Waals surface area contributed by atoms with E-state index in [-0.39, 0.29) is 0 Å². The van der Waals surface area contributed by atoms with Crippen molar-refractivity contribution in [2.45, 2.75) is 6.42 Å². The summed E-state index contributed by atoms with van der Waals surface area (Å²) in [7, 11) is 2.08. The minimum atomic E-state index is 0.733. The lowest BCUT2D eigenvalue weighted by atomic mass is 10.2. The number of H-pyrrole nitrogens is 1. The van der Waals surface area contributed by atoms with Gasteiger partial charge in [-0.15, -0.1) is 0 Å². The van der Waals surface area contributed by atoms with Crippen molar-refractivity contribution in [2.75, 3.05) is 25.0 Å². The van der Waals surface area contributed by atoms with Gasteiger partial charge in [0.15, 0.2) is 0 Å². The first-order valence-electron chi connectivity index (χ1n) is 5.15. The number of hydrogen-bond acceptors (Lipinski definition) is 3. The number of hydrogen-bond donors (Lipinski definition) is 2. The van der Waals surface area contributed by atoms with Gasteiger partial charge in [0.25, 0.3) is 0 Å². The van der Waals surface area contributed by atoms with Gasteiger partial charge in [-0.05, 0) is 31.2 Å². The second-order valence-corrected chi connectivity index (χ2v) is 3.67. The molecule has 2 rings (SSSR count). The quantitative estimate of drug-likeness (QED) is 0.790. The summed E-state index contributed by atoms with van der Waals surface area (Å²) >= 11 is 0. The van der Waals surface area contributed by atoms with Gasteiger partial charge in [0.1, 0.15) is 0 Å². The highest BCUT2D eigenvalue weighted by molar-refractivity contribution is 5.78. The molecule has 0 unspecified atom stereocenters. The lowest BCUT2D eigenvalue weighted by Crippen LogP contribution is -2.20. The maximum atomic E-state index is 5.49. The lowest BCUT2D eigenvalue weighted by Gasteiger charge is -2.18. The van der Waals surface area contributed by atoms with Crippen LogP contribution in [0.2, 0.25) is 0 Å². The third-order valence-electron chi connectivity index (χ3n) is 2.54. The van der Waals surface area contributed by atoms with Gasteiger partial charge in [0.05, 0.1) is 17.4 Å². The van der Waals surface area contributed by atoms with Crippen molar-refractivity contribution >= 4 is 16.7 Å². The van der Waals surface area contributed by atoms with Crippen molar-refractivity contribution in [1.29, 1.82) is 0 Å². The van der Waals surface area contributed by atoms with Crippen molar-refractivity contribution in [2.24, 2.45) is 5.73 Å². The molecule has 15 heavy (non-hydrogen) atoms. The molecule has 3 N–H and O–H groups in total. The van der Waals surface area contributed by atoms with E-state index < -0.39 is 0 Å². The maximum absolute atomic E-state index is 5.49. The van der Waals surface area contributed by atoms with Gasteiger partial charge < -0.3 is 15.6 Å². The molecule has 2 aromatic rings. The topological polar surface area (TPSA) is 57.9 Å². The zero-order valence-corrected chi connectivity index (χ0v) is 8.90. The number of rotatable bonds is 4. The third-order valence-corrected chi connectivity index (χ3v) is 2.54. The molecule has 4 nitrogen and oxygen atoms in total. The number of aromatic nitrogens is 2. The predicted octanol–water partition coefficient (Wildman–Crippen LogP) is 1.35. The van der Waals surface area contributed by atoms with Crippen LogP contribution in [0.1, 0.15) is 6.42 Å². The van der Waals surface area contributed by atoms with E-state index in [2.05, 4.69) is 34.0 Å².